The molecule has 4 aromatic rings. The Bertz CT molecular complexity index is 1200. The average molecular weight is 404 g/mol. The smallest absolute Gasteiger partial charge is 0.179 e. The van der Waals surface area contributed by atoms with Crippen LogP contribution < -0.4 is 10.2 Å². The standard InChI is InChI=1S/C21H24N8O/c1-21(5-6-21)13-28(2)18-11-24-17-10-25-29(20(17)27-18)12-19(30)26-14-8-16-15(23-9-14)4-3-7-22-16/h3-4,7-11,19,26,30H,5-6,12-13H2,1-2H3. The molecule has 0 spiro atoms. The topological polar surface area (TPSA) is 105 Å². The number of aliphatic hydroxyl groups excluding tert-OH is 1. The van der Waals surface area contributed by atoms with Gasteiger partial charge in [0.1, 0.15) is 17.6 Å². The number of anilines is 2. The zero-order chi connectivity index (χ0) is 20.7. The minimum absolute atomic E-state index is 0.226. The van der Waals surface area contributed by atoms with Crippen LogP contribution in [-0.4, -0.2) is 54.6 Å². The summed E-state index contributed by atoms with van der Waals surface area (Å²) in [6.45, 7) is 3.47. The number of aromatic nitrogens is 6. The molecule has 1 aliphatic rings. The highest BCUT2D eigenvalue weighted by Gasteiger charge is 2.38. The van der Waals surface area contributed by atoms with Gasteiger partial charge in [-0.15, -0.1) is 0 Å². The first-order valence-electron chi connectivity index (χ1n) is 10.0. The summed E-state index contributed by atoms with van der Waals surface area (Å²) in [5.41, 5.74) is 4.00. The van der Waals surface area contributed by atoms with Gasteiger partial charge in [-0.05, 0) is 36.5 Å². The normalized spacial score (nSPS) is 16.0. The van der Waals surface area contributed by atoms with Gasteiger partial charge in [0.25, 0.3) is 0 Å². The molecular weight excluding hydrogens is 380 g/mol. The van der Waals surface area contributed by atoms with E-state index in [4.69, 9.17) is 4.98 Å². The summed E-state index contributed by atoms with van der Waals surface area (Å²) in [5.74, 6) is 0.810. The molecular formula is C21H24N8O. The minimum atomic E-state index is -0.871. The van der Waals surface area contributed by atoms with Crippen molar-refractivity contribution in [3.63, 3.8) is 0 Å². The van der Waals surface area contributed by atoms with Crippen LogP contribution in [0.25, 0.3) is 22.2 Å². The van der Waals surface area contributed by atoms with Gasteiger partial charge in [0, 0.05) is 19.8 Å². The Hall–Kier alpha value is -3.33. The van der Waals surface area contributed by atoms with Gasteiger partial charge in [-0.1, -0.05) is 6.92 Å². The molecule has 154 valence electrons. The van der Waals surface area contributed by atoms with Gasteiger partial charge in [-0.25, -0.2) is 14.6 Å². The molecule has 5 rings (SSSR count). The van der Waals surface area contributed by atoms with E-state index in [1.807, 2.05) is 25.2 Å². The Morgan fingerprint density at radius 1 is 1.17 bits per heavy atom. The van der Waals surface area contributed by atoms with E-state index >= 15 is 0 Å². The van der Waals surface area contributed by atoms with Gasteiger partial charge in [-0.3, -0.25) is 9.97 Å². The summed E-state index contributed by atoms with van der Waals surface area (Å²) in [5, 5.41) is 18.0. The lowest BCUT2D eigenvalue weighted by Crippen LogP contribution is -2.27. The second-order valence-electron chi connectivity index (χ2n) is 8.36. The molecule has 9 nitrogen and oxygen atoms in total. The Morgan fingerprint density at radius 2 is 2.00 bits per heavy atom. The maximum absolute atomic E-state index is 10.6. The molecule has 1 fully saturated rings. The SMILES string of the molecule is CN(CC1(C)CC1)c1cnc2cnn(CC(O)Nc3cnc4cccnc4c3)c2n1. The van der Waals surface area contributed by atoms with Crippen molar-refractivity contribution in [1.29, 1.82) is 0 Å². The van der Waals surface area contributed by atoms with Gasteiger partial charge >= 0.3 is 0 Å². The molecule has 0 bridgehead atoms. The first-order chi connectivity index (χ1) is 14.5. The molecule has 2 N–H and O–H groups in total. The van der Waals surface area contributed by atoms with Crippen molar-refractivity contribution in [2.24, 2.45) is 5.41 Å². The van der Waals surface area contributed by atoms with E-state index in [-0.39, 0.29) is 6.54 Å². The lowest BCUT2D eigenvalue weighted by atomic mass is 10.1. The quantitative estimate of drug-likeness (QED) is 0.453. The van der Waals surface area contributed by atoms with Crippen LogP contribution in [0.2, 0.25) is 0 Å². The summed E-state index contributed by atoms with van der Waals surface area (Å²) in [6.07, 6.45) is 8.48. The summed E-state index contributed by atoms with van der Waals surface area (Å²) in [4.78, 5) is 20.0. The van der Waals surface area contributed by atoms with Gasteiger partial charge in [0.2, 0.25) is 0 Å². The molecule has 4 heterocycles. The molecule has 0 radical (unpaired) electrons. The third kappa shape index (κ3) is 3.76. The van der Waals surface area contributed by atoms with E-state index in [1.54, 1.807) is 29.5 Å². The highest BCUT2D eigenvalue weighted by molar-refractivity contribution is 5.77. The first-order valence-corrected chi connectivity index (χ1v) is 10.0. The number of pyridine rings is 2. The second kappa shape index (κ2) is 7.17. The van der Waals surface area contributed by atoms with Gasteiger partial charge < -0.3 is 15.3 Å². The summed E-state index contributed by atoms with van der Waals surface area (Å²) < 4.78 is 1.67. The molecule has 0 aromatic carbocycles. The van der Waals surface area contributed by atoms with E-state index < -0.39 is 6.23 Å². The fourth-order valence-electron chi connectivity index (χ4n) is 3.62. The molecule has 30 heavy (non-hydrogen) atoms. The zero-order valence-corrected chi connectivity index (χ0v) is 17.0. The molecule has 4 aromatic heterocycles. The number of aliphatic hydroxyl groups is 1. The van der Waals surface area contributed by atoms with Crippen LogP contribution in [-0.2, 0) is 6.54 Å². The van der Waals surface area contributed by atoms with Crippen molar-refractivity contribution in [1.82, 2.24) is 29.7 Å². The summed E-state index contributed by atoms with van der Waals surface area (Å²) in [7, 11) is 2.04. The molecule has 0 amide bonds. The fourth-order valence-corrected chi connectivity index (χ4v) is 3.62. The molecule has 1 saturated carbocycles. The van der Waals surface area contributed by atoms with Crippen LogP contribution in [0.1, 0.15) is 19.8 Å². The van der Waals surface area contributed by atoms with Crippen LogP contribution in [0.4, 0.5) is 11.5 Å². The van der Waals surface area contributed by atoms with Crippen LogP contribution >= 0.6 is 0 Å². The highest BCUT2D eigenvalue weighted by atomic mass is 16.3. The van der Waals surface area contributed by atoms with E-state index in [0.717, 1.165) is 23.4 Å². The number of hydrogen-bond donors (Lipinski definition) is 2. The van der Waals surface area contributed by atoms with Gasteiger partial charge in [-0.2, -0.15) is 5.10 Å². The largest absolute Gasteiger partial charge is 0.372 e. The Morgan fingerprint density at radius 3 is 2.83 bits per heavy atom. The first kappa shape index (κ1) is 18.7. The van der Waals surface area contributed by atoms with Crippen molar-refractivity contribution < 1.29 is 5.11 Å². The maximum Gasteiger partial charge on any atom is 0.179 e. The fraction of sp³-hybridized carbons (Fsp3) is 0.381. The predicted octanol–water partition coefficient (Wildman–Crippen LogP) is 2.44. The van der Waals surface area contributed by atoms with Crippen LogP contribution in [0.15, 0.2) is 43.0 Å². The lowest BCUT2D eigenvalue weighted by molar-refractivity contribution is 0.178. The van der Waals surface area contributed by atoms with E-state index in [2.05, 4.69) is 37.2 Å². The van der Waals surface area contributed by atoms with Crippen molar-refractivity contribution in [3.05, 3.63) is 43.0 Å². The Kier molecular flexibility index (Phi) is 4.47. The van der Waals surface area contributed by atoms with Crippen LogP contribution in [0.5, 0.6) is 0 Å². The van der Waals surface area contributed by atoms with Crippen LogP contribution in [0, 0.1) is 5.41 Å². The van der Waals surface area contributed by atoms with Crippen LogP contribution in [0.3, 0.4) is 0 Å². The van der Waals surface area contributed by atoms with Crippen molar-refractivity contribution in [2.75, 3.05) is 23.8 Å². The van der Waals surface area contributed by atoms with E-state index in [1.165, 1.54) is 12.8 Å². The zero-order valence-electron chi connectivity index (χ0n) is 17.0. The summed E-state index contributed by atoms with van der Waals surface area (Å²) >= 11 is 0. The highest BCUT2D eigenvalue weighted by Crippen LogP contribution is 2.45. The number of fused-ring (bicyclic) bond motifs is 2. The molecule has 0 aliphatic heterocycles. The number of rotatable bonds is 7. The molecule has 1 aliphatic carbocycles. The number of nitrogens with one attached hydrogen (secondary N) is 1. The lowest BCUT2D eigenvalue weighted by Gasteiger charge is -2.21. The van der Waals surface area contributed by atoms with E-state index in [9.17, 15) is 5.11 Å². The average Bonchev–Trinajstić information content (AvgIpc) is 3.33. The number of nitrogens with zero attached hydrogens (tertiary/aromatic N) is 7. The molecule has 9 heteroatoms. The van der Waals surface area contributed by atoms with E-state index in [0.29, 0.717) is 22.3 Å². The molecule has 1 atom stereocenters. The van der Waals surface area contributed by atoms with Crippen molar-refractivity contribution in [2.45, 2.75) is 32.5 Å². The molecule has 1 unspecified atom stereocenters. The number of hydrogen-bond acceptors (Lipinski definition) is 8. The summed E-state index contributed by atoms with van der Waals surface area (Å²) in [6, 6.07) is 5.60. The van der Waals surface area contributed by atoms with Gasteiger partial charge in [0.05, 0.1) is 41.9 Å². The Balaban J connectivity index is 1.32. The Labute approximate surface area is 173 Å². The predicted molar refractivity (Wildman–Crippen MR) is 115 cm³/mol. The third-order valence-electron chi connectivity index (χ3n) is 5.58. The maximum atomic E-state index is 10.6. The minimum Gasteiger partial charge on any atom is -0.372 e. The monoisotopic (exact) mass is 404 g/mol. The van der Waals surface area contributed by atoms with Crippen molar-refractivity contribution in [3.8, 4) is 0 Å². The van der Waals surface area contributed by atoms with Gasteiger partial charge in [0.15, 0.2) is 5.65 Å². The third-order valence-corrected chi connectivity index (χ3v) is 5.58. The second-order valence-corrected chi connectivity index (χ2v) is 8.36. The molecule has 0 saturated heterocycles. The van der Waals surface area contributed by atoms with Crippen molar-refractivity contribution >= 4 is 33.7 Å².